The first-order valence-corrected chi connectivity index (χ1v) is 8.09. The van der Waals surface area contributed by atoms with Crippen molar-refractivity contribution in [3.63, 3.8) is 0 Å². The van der Waals surface area contributed by atoms with Gasteiger partial charge < -0.3 is 9.88 Å². The van der Waals surface area contributed by atoms with E-state index < -0.39 is 0 Å². The van der Waals surface area contributed by atoms with Gasteiger partial charge in [-0.2, -0.15) is 0 Å². The normalized spacial score (nSPS) is 22.0. The van der Waals surface area contributed by atoms with Crippen LogP contribution in [-0.4, -0.2) is 28.0 Å². The fourth-order valence-corrected chi connectivity index (χ4v) is 3.24. The van der Waals surface area contributed by atoms with E-state index in [0.29, 0.717) is 12.0 Å². The summed E-state index contributed by atoms with van der Waals surface area (Å²) in [5.41, 5.74) is 3.19. The highest BCUT2D eigenvalue weighted by atomic mass is 16.2. The number of benzene rings is 1. The number of fused-ring (bicyclic) bond motifs is 1. The molecule has 2 heterocycles. The molecule has 2 N–H and O–H groups in total. The molecule has 1 amide bonds. The first-order valence-electron chi connectivity index (χ1n) is 8.09. The maximum atomic E-state index is 12.5. The lowest BCUT2D eigenvalue weighted by Crippen LogP contribution is -2.40. The van der Waals surface area contributed by atoms with Crippen LogP contribution in [0.5, 0.6) is 0 Å². The number of aromatic nitrogens is 2. The van der Waals surface area contributed by atoms with Gasteiger partial charge in [-0.15, -0.1) is 0 Å². The van der Waals surface area contributed by atoms with Crippen molar-refractivity contribution in [2.24, 2.45) is 5.92 Å². The molecule has 1 aliphatic rings. The van der Waals surface area contributed by atoms with E-state index in [9.17, 15) is 4.79 Å². The van der Waals surface area contributed by atoms with Crippen molar-refractivity contribution < 1.29 is 4.79 Å². The van der Waals surface area contributed by atoms with Gasteiger partial charge in [0.25, 0.3) is 0 Å². The molecule has 22 heavy (non-hydrogen) atoms. The number of hydrogen-bond donors (Lipinski definition) is 2. The summed E-state index contributed by atoms with van der Waals surface area (Å²) < 4.78 is 2.07. The number of nitrogens with zero attached hydrogens (tertiary/aromatic N) is 2. The summed E-state index contributed by atoms with van der Waals surface area (Å²) in [5.74, 6) is 0.831. The largest absolute Gasteiger partial charge is 0.314 e. The van der Waals surface area contributed by atoms with Gasteiger partial charge in [0.15, 0.2) is 0 Å². The monoisotopic (exact) mass is 300 g/mol. The molecule has 5 heteroatoms. The average Bonchev–Trinajstić information content (AvgIpc) is 2.83. The summed E-state index contributed by atoms with van der Waals surface area (Å²) in [6.45, 7) is 7.95. The summed E-state index contributed by atoms with van der Waals surface area (Å²) in [5, 5.41) is 6.43. The molecule has 0 unspecified atom stereocenters. The van der Waals surface area contributed by atoms with Crippen LogP contribution in [0.25, 0.3) is 11.0 Å². The van der Waals surface area contributed by atoms with Crippen molar-refractivity contribution >= 4 is 22.9 Å². The SMILES string of the molecule is CCn1c(NC(=O)[C@H]2CCN[C@@H](C)C2)nc2cc(C)ccc21. The molecule has 1 aromatic carbocycles. The number of carbonyl (C=O) groups is 1. The number of imidazole rings is 1. The predicted octanol–water partition coefficient (Wildman–Crippen LogP) is 2.69. The van der Waals surface area contributed by atoms with Crippen molar-refractivity contribution in [3.05, 3.63) is 23.8 Å². The van der Waals surface area contributed by atoms with Gasteiger partial charge in [0.2, 0.25) is 11.9 Å². The van der Waals surface area contributed by atoms with E-state index in [1.54, 1.807) is 0 Å². The van der Waals surface area contributed by atoms with Crippen molar-refractivity contribution in [1.82, 2.24) is 14.9 Å². The Balaban J connectivity index is 1.85. The third-order valence-electron chi connectivity index (χ3n) is 4.45. The quantitative estimate of drug-likeness (QED) is 0.916. The van der Waals surface area contributed by atoms with Gasteiger partial charge in [0.1, 0.15) is 0 Å². The number of nitrogens with one attached hydrogen (secondary N) is 2. The van der Waals surface area contributed by atoms with Gasteiger partial charge in [0, 0.05) is 18.5 Å². The third-order valence-corrected chi connectivity index (χ3v) is 4.45. The Bertz CT molecular complexity index is 691. The maximum absolute atomic E-state index is 12.5. The van der Waals surface area contributed by atoms with Gasteiger partial charge >= 0.3 is 0 Å². The molecule has 1 saturated heterocycles. The smallest absolute Gasteiger partial charge is 0.229 e. The fraction of sp³-hybridized carbons (Fsp3) is 0.529. The summed E-state index contributed by atoms with van der Waals surface area (Å²) in [6, 6.07) is 6.61. The molecule has 0 aliphatic carbocycles. The Morgan fingerprint density at radius 2 is 2.32 bits per heavy atom. The molecular weight excluding hydrogens is 276 g/mol. The summed E-state index contributed by atoms with van der Waals surface area (Å²) >= 11 is 0. The van der Waals surface area contributed by atoms with E-state index in [1.807, 2.05) is 0 Å². The average molecular weight is 300 g/mol. The number of aryl methyl sites for hydroxylation is 2. The molecule has 118 valence electrons. The molecule has 0 saturated carbocycles. The first-order chi connectivity index (χ1) is 10.6. The van der Waals surface area contributed by atoms with E-state index in [-0.39, 0.29) is 11.8 Å². The van der Waals surface area contributed by atoms with E-state index in [2.05, 4.69) is 59.2 Å². The van der Waals surface area contributed by atoms with Crippen LogP contribution in [0, 0.1) is 12.8 Å². The van der Waals surface area contributed by atoms with Crippen molar-refractivity contribution in [1.29, 1.82) is 0 Å². The minimum absolute atomic E-state index is 0.0723. The number of hydrogen-bond acceptors (Lipinski definition) is 3. The van der Waals surface area contributed by atoms with Crippen LogP contribution in [0.1, 0.15) is 32.3 Å². The first kappa shape index (κ1) is 15.0. The Morgan fingerprint density at radius 3 is 3.05 bits per heavy atom. The third kappa shape index (κ3) is 2.86. The van der Waals surface area contributed by atoms with Gasteiger partial charge in [-0.05, 0) is 57.9 Å². The zero-order valence-corrected chi connectivity index (χ0v) is 13.5. The molecule has 1 aliphatic heterocycles. The number of piperidine rings is 1. The molecular formula is C17H24N4O. The second-order valence-corrected chi connectivity index (χ2v) is 6.24. The molecule has 3 rings (SSSR count). The lowest BCUT2D eigenvalue weighted by atomic mass is 9.92. The van der Waals surface area contributed by atoms with Crippen molar-refractivity contribution in [2.75, 3.05) is 11.9 Å². The molecule has 0 spiro atoms. The van der Waals surface area contributed by atoms with Crippen LogP contribution in [0.4, 0.5) is 5.95 Å². The molecule has 2 aromatic rings. The highest BCUT2D eigenvalue weighted by Gasteiger charge is 2.25. The fourth-order valence-electron chi connectivity index (χ4n) is 3.24. The minimum atomic E-state index is 0.0723. The van der Waals surface area contributed by atoms with E-state index in [1.165, 1.54) is 5.56 Å². The summed E-state index contributed by atoms with van der Waals surface area (Å²) in [6.07, 6.45) is 1.78. The van der Waals surface area contributed by atoms with E-state index >= 15 is 0 Å². The molecule has 2 atom stereocenters. The second kappa shape index (κ2) is 6.08. The van der Waals surface area contributed by atoms with E-state index in [0.717, 1.165) is 37.0 Å². The maximum Gasteiger partial charge on any atom is 0.229 e. The van der Waals surface area contributed by atoms with Gasteiger partial charge in [-0.3, -0.25) is 10.1 Å². The topological polar surface area (TPSA) is 59.0 Å². The molecule has 0 radical (unpaired) electrons. The molecule has 5 nitrogen and oxygen atoms in total. The Labute approximate surface area is 131 Å². The van der Waals surface area contributed by atoms with Crippen LogP contribution in [0.3, 0.4) is 0 Å². The van der Waals surface area contributed by atoms with Crippen LogP contribution in [-0.2, 0) is 11.3 Å². The molecule has 1 fully saturated rings. The summed E-state index contributed by atoms with van der Waals surface area (Å²) in [4.78, 5) is 17.1. The van der Waals surface area contributed by atoms with Gasteiger partial charge in [-0.1, -0.05) is 6.07 Å². The Kier molecular flexibility index (Phi) is 4.16. The number of amides is 1. The Morgan fingerprint density at radius 1 is 1.50 bits per heavy atom. The zero-order valence-electron chi connectivity index (χ0n) is 13.5. The lowest BCUT2D eigenvalue weighted by molar-refractivity contribution is -0.120. The zero-order chi connectivity index (χ0) is 15.7. The standard InChI is InChI=1S/C17H24N4O/c1-4-21-15-6-5-11(2)9-14(15)19-17(21)20-16(22)13-7-8-18-12(3)10-13/h5-6,9,12-13,18H,4,7-8,10H2,1-3H3,(H,19,20,22)/t12-,13-/m0/s1. The molecule has 1 aromatic heterocycles. The minimum Gasteiger partial charge on any atom is -0.314 e. The highest BCUT2D eigenvalue weighted by molar-refractivity contribution is 5.93. The van der Waals surface area contributed by atoms with Crippen LogP contribution >= 0.6 is 0 Å². The number of rotatable bonds is 3. The van der Waals surface area contributed by atoms with Crippen molar-refractivity contribution in [2.45, 2.75) is 46.2 Å². The van der Waals surface area contributed by atoms with Gasteiger partial charge in [-0.25, -0.2) is 4.98 Å². The number of carbonyl (C=O) groups excluding carboxylic acids is 1. The second-order valence-electron chi connectivity index (χ2n) is 6.24. The van der Waals surface area contributed by atoms with E-state index in [4.69, 9.17) is 0 Å². The predicted molar refractivity (Wildman–Crippen MR) is 89.0 cm³/mol. The molecule has 0 bridgehead atoms. The van der Waals surface area contributed by atoms with Crippen molar-refractivity contribution in [3.8, 4) is 0 Å². The Hall–Kier alpha value is -1.88. The highest BCUT2D eigenvalue weighted by Crippen LogP contribution is 2.23. The number of anilines is 1. The van der Waals surface area contributed by atoms with Crippen LogP contribution in [0.15, 0.2) is 18.2 Å². The van der Waals surface area contributed by atoms with Crippen LogP contribution in [0.2, 0.25) is 0 Å². The van der Waals surface area contributed by atoms with Crippen LogP contribution < -0.4 is 10.6 Å². The lowest BCUT2D eigenvalue weighted by Gasteiger charge is -2.26. The van der Waals surface area contributed by atoms with Gasteiger partial charge in [0.05, 0.1) is 11.0 Å². The summed E-state index contributed by atoms with van der Waals surface area (Å²) in [7, 11) is 0.